The van der Waals surface area contributed by atoms with Gasteiger partial charge in [0, 0.05) is 5.69 Å². The van der Waals surface area contributed by atoms with Crippen LogP contribution in [0.25, 0.3) is 0 Å². The zero-order valence-electron chi connectivity index (χ0n) is 14.2. The molecule has 1 fully saturated rings. The van der Waals surface area contributed by atoms with Crippen LogP contribution in [0.15, 0.2) is 60.7 Å². The third-order valence-corrected chi connectivity index (χ3v) is 4.68. The van der Waals surface area contributed by atoms with Crippen molar-refractivity contribution < 1.29 is 9.69 Å². The highest BCUT2D eigenvalue weighted by atomic mass is 16.2. The molecule has 2 N–H and O–H groups in total. The lowest BCUT2D eigenvalue weighted by Gasteiger charge is -2.33. The fourth-order valence-corrected chi connectivity index (χ4v) is 3.24. The van der Waals surface area contributed by atoms with Crippen molar-refractivity contribution in [1.29, 1.82) is 0 Å². The second-order valence-corrected chi connectivity index (χ2v) is 6.45. The number of hydrogen-bond acceptors (Lipinski definition) is 2. The van der Waals surface area contributed by atoms with E-state index in [9.17, 15) is 4.79 Å². The van der Waals surface area contributed by atoms with Gasteiger partial charge in [-0.3, -0.25) is 4.79 Å². The standard InChI is InChI=1S/C20H25N3O/c1-17(18-8-4-2-5-9-18)21-20(24)16-22-12-14-23(15-13-22)19-10-6-3-7-11-19/h2-11,17H,12-16H2,1H3,(H,21,24)/p+1/t17-/m1/s1. The normalized spacial score (nSPS) is 16.6. The number of quaternary nitrogens is 1. The topological polar surface area (TPSA) is 36.8 Å². The van der Waals surface area contributed by atoms with Crippen LogP contribution >= 0.6 is 0 Å². The summed E-state index contributed by atoms with van der Waals surface area (Å²) in [4.78, 5) is 16.1. The Morgan fingerprint density at radius 2 is 1.62 bits per heavy atom. The number of benzene rings is 2. The average molecular weight is 324 g/mol. The molecule has 0 aliphatic carbocycles. The molecule has 3 rings (SSSR count). The maximum Gasteiger partial charge on any atom is 0.275 e. The molecule has 126 valence electrons. The Bertz CT molecular complexity index is 636. The monoisotopic (exact) mass is 324 g/mol. The average Bonchev–Trinajstić information content (AvgIpc) is 2.64. The fourth-order valence-electron chi connectivity index (χ4n) is 3.24. The lowest BCUT2D eigenvalue weighted by Crippen LogP contribution is -3.15. The van der Waals surface area contributed by atoms with E-state index >= 15 is 0 Å². The largest absolute Gasteiger partial charge is 0.360 e. The van der Waals surface area contributed by atoms with Gasteiger partial charge in [-0.15, -0.1) is 0 Å². The molecular formula is C20H26N3O+. The molecule has 1 amide bonds. The van der Waals surface area contributed by atoms with Crippen molar-refractivity contribution in [1.82, 2.24) is 5.32 Å². The second-order valence-electron chi connectivity index (χ2n) is 6.45. The molecule has 1 aliphatic heterocycles. The van der Waals surface area contributed by atoms with Gasteiger partial charge in [-0.05, 0) is 24.6 Å². The molecule has 2 aromatic rings. The van der Waals surface area contributed by atoms with Crippen LogP contribution in [0.3, 0.4) is 0 Å². The molecule has 1 heterocycles. The van der Waals surface area contributed by atoms with Crippen LogP contribution < -0.4 is 15.1 Å². The van der Waals surface area contributed by atoms with Gasteiger partial charge in [0.25, 0.3) is 5.91 Å². The van der Waals surface area contributed by atoms with E-state index in [-0.39, 0.29) is 11.9 Å². The summed E-state index contributed by atoms with van der Waals surface area (Å²) in [6.07, 6.45) is 0. The van der Waals surface area contributed by atoms with E-state index in [0.29, 0.717) is 6.54 Å². The summed E-state index contributed by atoms with van der Waals surface area (Å²) in [5, 5.41) is 3.11. The van der Waals surface area contributed by atoms with Crippen LogP contribution in [0.1, 0.15) is 18.5 Å². The lowest BCUT2D eigenvalue weighted by atomic mass is 10.1. The molecule has 0 radical (unpaired) electrons. The maximum atomic E-state index is 12.3. The number of carbonyl (C=O) groups excluding carboxylic acids is 1. The quantitative estimate of drug-likeness (QED) is 0.869. The predicted octanol–water partition coefficient (Wildman–Crippen LogP) is 1.27. The summed E-state index contributed by atoms with van der Waals surface area (Å²) in [5.41, 5.74) is 2.42. The molecule has 0 saturated carbocycles. The molecule has 0 aromatic heterocycles. The van der Waals surface area contributed by atoms with Gasteiger partial charge in [-0.1, -0.05) is 48.5 Å². The molecule has 1 aliphatic rings. The predicted molar refractivity (Wildman–Crippen MR) is 97.2 cm³/mol. The first-order chi connectivity index (χ1) is 11.7. The second kappa shape index (κ2) is 7.97. The molecule has 0 unspecified atom stereocenters. The smallest absolute Gasteiger partial charge is 0.275 e. The SMILES string of the molecule is C[C@@H](NC(=O)C[NH+]1CCN(c2ccccc2)CC1)c1ccccc1. The van der Waals surface area contributed by atoms with E-state index in [2.05, 4.69) is 46.6 Å². The van der Waals surface area contributed by atoms with Crippen molar-refractivity contribution in [2.75, 3.05) is 37.6 Å². The molecule has 1 atom stereocenters. The minimum Gasteiger partial charge on any atom is -0.360 e. The van der Waals surface area contributed by atoms with Crippen LogP contribution in [0.2, 0.25) is 0 Å². The first-order valence-electron chi connectivity index (χ1n) is 8.70. The van der Waals surface area contributed by atoms with Gasteiger partial charge < -0.3 is 15.1 Å². The van der Waals surface area contributed by atoms with Crippen molar-refractivity contribution in [2.24, 2.45) is 0 Å². The minimum atomic E-state index is 0.0590. The molecule has 24 heavy (non-hydrogen) atoms. The fraction of sp³-hybridized carbons (Fsp3) is 0.350. The van der Waals surface area contributed by atoms with E-state index in [1.165, 1.54) is 10.6 Å². The number of nitrogens with one attached hydrogen (secondary N) is 2. The highest BCUT2D eigenvalue weighted by Gasteiger charge is 2.22. The Hall–Kier alpha value is -2.33. The number of rotatable bonds is 5. The molecule has 4 nitrogen and oxygen atoms in total. The highest BCUT2D eigenvalue weighted by Crippen LogP contribution is 2.12. The molecular weight excluding hydrogens is 298 g/mol. The first kappa shape index (κ1) is 16.5. The third kappa shape index (κ3) is 4.36. The zero-order chi connectivity index (χ0) is 16.8. The molecule has 2 aromatic carbocycles. The summed E-state index contributed by atoms with van der Waals surface area (Å²) in [7, 11) is 0. The van der Waals surface area contributed by atoms with Crippen molar-refractivity contribution in [2.45, 2.75) is 13.0 Å². The van der Waals surface area contributed by atoms with Gasteiger partial charge in [0.2, 0.25) is 0 Å². The maximum absolute atomic E-state index is 12.3. The highest BCUT2D eigenvalue weighted by molar-refractivity contribution is 5.77. The van der Waals surface area contributed by atoms with Gasteiger partial charge in [-0.25, -0.2) is 0 Å². The van der Waals surface area contributed by atoms with Gasteiger partial charge in [0.05, 0.1) is 32.2 Å². The molecule has 1 saturated heterocycles. The summed E-state index contributed by atoms with van der Waals surface area (Å²) in [6.45, 7) is 6.60. The van der Waals surface area contributed by atoms with Gasteiger partial charge in [0.1, 0.15) is 0 Å². The van der Waals surface area contributed by atoms with E-state index in [1.807, 2.05) is 31.2 Å². The minimum absolute atomic E-state index is 0.0590. The van der Waals surface area contributed by atoms with Crippen LogP contribution in [0, 0.1) is 0 Å². The van der Waals surface area contributed by atoms with Gasteiger partial charge in [0.15, 0.2) is 6.54 Å². The Labute approximate surface area is 144 Å². The Kier molecular flexibility index (Phi) is 5.49. The van der Waals surface area contributed by atoms with Crippen molar-refractivity contribution in [3.05, 3.63) is 66.2 Å². The lowest BCUT2D eigenvalue weighted by molar-refractivity contribution is -0.892. The van der Waals surface area contributed by atoms with E-state index in [4.69, 9.17) is 0 Å². The van der Waals surface area contributed by atoms with Crippen LogP contribution in [0.4, 0.5) is 5.69 Å². The van der Waals surface area contributed by atoms with Crippen LogP contribution in [0.5, 0.6) is 0 Å². The number of para-hydroxylation sites is 1. The number of carbonyl (C=O) groups is 1. The number of anilines is 1. The summed E-state index contributed by atoms with van der Waals surface area (Å²) in [5.74, 6) is 0.134. The number of hydrogen-bond donors (Lipinski definition) is 2. The van der Waals surface area contributed by atoms with Gasteiger partial charge >= 0.3 is 0 Å². The van der Waals surface area contributed by atoms with Gasteiger partial charge in [-0.2, -0.15) is 0 Å². The number of nitrogens with zero attached hydrogens (tertiary/aromatic N) is 1. The number of piperazine rings is 1. The van der Waals surface area contributed by atoms with E-state index < -0.39 is 0 Å². The molecule has 4 heteroatoms. The number of amides is 1. The van der Waals surface area contributed by atoms with Crippen LogP contribution in [-0.4, -0.2) is 38.6 Å². The van der Waals surface area contributed by atoms with E-state index in [1.54, 1.807) is 0 Å². The van der Waals surface area contributed by atoms with E-state index in [0.717, 1.165) is 31.7 Å². The molecule has 0 bridgehead atoms. The summed E-state index contributed by atoms with van der Waals surface area (Å²) in [6, 6.07) is 20.7. The van der Waals surface area contributed by atoms with Crippen molar-refractivity contribution >= 4 is 11.6 Å². The first-order valence-corrected chi connectivity index (χ1v) is 8.70. The molecule has 0 spiro atoms. The Morgan fingerprint density at radius 1 is 1.04 bits per heavy atom. The Balaban J connectivity index is 1.45. The van der Waals surface area contributed by atoms with Crippen LogP contribution in [-0.2, 0) is 4.79 Å². The third-order valence-electron chi connectivity index (χ3n) is 4.68. The van der Waals surface area contributed by atoms with Crippen molar-refractivity contribution in [3.8, 4) is 0 Å². The summed E-state index contributed by atoms with van der Waals surface area (Å²) < 4.78 is 0. The summed E-state index contributed by atoms with van der Waals surface area (Å²) >= 11 is 0. The van der Waals surface area contributed by atoms with Crippen molar-refractivity contribution in [3.63, 3.8) is 0 Å². The Morgan fingerprint density at radius 3 is 2.25 bits per heavy atom. The zero-order valence-corrected chi connectivity index (χ0v) is 14.2.